The number of halogens is 1. The van der Waals surface area contributed by atoms with E-state index in [2.05, 4.69) is 4.98 Å². The van der Waals surface area contributed by atoms with Crippen molar-refractivity contribution < 1.29 is 4.39 Å². The van der Waals surface area contributed by atoms with Gasteiger partial charge in [-0.05, 0) is 39.0 Å². The largest absolute Gasteiger partial charge is 0.383 e. The Bertz CT molecular complexity index is 659. The molecule has 1 aromatic carbocycles. The summed E-state index contributed by atoms with van der Waals surface area (Å²) in [6.07, 6.45) is 1.65. The van der Waals surface area contributed by atoms with Crippen molar-refractivity contribution in [3.63, 3.8) is 0 Å². The first kappa shape index (κ1) is 13.1. The molecule has 0 unspecified atom stereocenters. The molecule has 0 saturated heterocycles. The molecule has 2 rings (SSSR count). The SMILES string of the molecule is CC(C)(C)n1cnc(-c2ccc(F)c(C#N)c2)c1N. The van der Waals surface area contributed by atoms with Gasteiger partial charge in [0, 0.05) is 11.1 Å². The predicted octanol–water partition coefficient (Wildman–Crippen LogP) is 2.90. The van der Waals surface area contributed by atoms with Gasteiger partial charge in [-0.15, -0.1) is 0 Å². The topological polar surface area (TPSA) is 67.6 Å². The Labute approximate surface area is 111 Å². The molecule has 0 aliphatic carbocycles. The van der Waals surface area contributed by atoms with E-state index < -0.39 is 5.82 Å². The Morgan fingerprint density at radius 3 is 2.58 bits per heavy atom. The van der Waals surface area contributed by atoms with Gasteiger partial charge in [-0.1, -0.05) is 0 Å². The van der Waals surface area contributed by atoms with Crippen LogP contribution in [0.2, 0.25) is 0 Å². The summed E-state index contributed by atoms with van der Waals surface area (Å²) >= 11 is 0. The monoisotopic (exact) mass is 258 g/mol. The van der Waals surface area contributed by atoms with Gasteiger partial charge in [0.2, 0.25) is 0 Å². The van der Waals surface area contributed by atoms with Crippen LogP contribution in [0, 0.1) is 17.1 Å². The molecule has 0 aliphatic rings. The van der Waals surface area contributed by atoms with E-state index >= 15 is 0 Å². The third-order valence-corrected chi connectivity index (χ3v) is 2.89. The number of imidazole rings is 1. The zero-order valence-corrected chi connectivity index (χ0v) is 11.1. The van der Waals surface area contributed by atoms with Gasteiger partial charge in [-0.3, -0.25) is 0 Å². The van der Waals surface area contributed by atoms with Crippen molar-refractivity contribution in [1.82, 2.24) is 9.55 Å². The van der Waals surface area contributed by atoms with Crippen molar-refractivity contribution in [2.24, 2.45) is 0 Å². The van der Waals surface area contributed by atoms with E-state index in [1.807, 2.05) is 31.4 Å². The lowest BCUT2D eigenvalue weighted by molar-refractivity contribution is 0.402. The van der Waals surface area contributed by atoms with Crippen LogP contribution in [0.3, 0.4) is 0 Å². The molecule has 98 valence electrons. The fourth-order valence-corrected chi connectivity index (χ4v) is 1.87. The van der Waals surface area contributed by atoms with Crippen LogP contribution in [0.25, 0.3) is 11.3 Å². The second kappa shape index (κ2) is 4.39. The van der Waals surface area contributed by atoms with E-state index in [0.717, 1.165) is 0 Å². The van der Waals surface area contributed by atoms with Crippen LogP contribution >= 0.6 is 0 Å². The summed E-state index contributed by atoms with van der Waals surface area (Å²) in [6.45, 7) is 6.04. The van der Waals surface area contributed by atoms with Crippen LogP contribution in [0.1, 0.15) is 26.3 Å². The van der Waals surface area contributed by atoms with Crippen LogP contribution in [0.5, 0.6) is 0 Å². The van der Waals surface area contributed by atoms with Crippen molar-refractivity contribution >= 4 is 5.82 Å². The summed E-state index contributed by atoms with van der Waals surface area (Å²) in [4.78, 5) is 4.26. The van der Waals surface area contributed by atoms with Crippen molar-refractivity contribution in [2.75, 3.05) is 5.73 Å². The number of anilines is 1. The highest BCUT2D eigenvalue weighted by atomic mass is 19.1. The fourth-order valence-electron chi connectivity index (χ4n) is 1.87. The molecule has 0 atom stereocenters. The average Bonchev–Trinajstić information content (AvgIpc) is 2.71. The Balaban J connectivity index is 2.55. The Kier molecular flexibility index (Phi) is 3.03. The van der Waals surface area contributed by atoms with Crippen LogP contribution in [0.15, 0.2) is 24.5 Å². The Morgan fingerprint density at radius 2 is 2.05 bits per heavy atom. The number of nitrogens with two attached hydrogens (primary N) is 1. The number of rotatable bonds is 1. The minimum absolute atomic E-state index is 0.0118. The van der Waals surface area contributed by atoms with E-state index in [9.17, 15) is 4.39 Å². The van der Waals surface area contributed by atoms with Gasteiger partial charge in [0.05, 0.1) is 11.9 Å². The number of hydrogen-bond donors (Lipinski definition) is 1. The summed E-state index contributed by atoms with van der Waals surface area (Å²) in [5.41, 5.74) is 7.07. The molecule has 0 radical (unpaired) electrons. The molecular weight excluding hydrogens is 243 g/mol. The smallest absolute Gasteiger partial charge is 0.140 e. The van der Waals surface area contributed by atoms with Crippen LogP contribution < -0.4 is 5.73 Å². The second-order valence-electron chi connectivity index (χ2n) is 5.33. The van der Waals surface area contributed by atoms with Crippen molar-refractivity contribution in [3.8, 4) is 17.3 Å². The van der Waals surface area contributed by atoms with E-state index in [1.165, 1.54) is 12.1 Å². The number of hydrogen-bond acceptors (Lipinski definition) is 3. The highest BCUT2D eigenvalue weighted by molar-refractivity contribution is 5.71. The molecule has 1 aromatic heterocycles. The molecule has 0 spiro atoms. The molecule has 19 heavy (non-hydrogen) atoms. The molecule has 4 nitrogen and oxygen atoms in total. The molecule has 0 aliphatic heterocycles. The lowest BCUT2D eigenvalue weighted by Crippen LogP contribution is -2.22. The average molecular weight is 258 g/mol. The van der Waals surface area contributed by atoms with Gasteiger partial charge in [-0.2, -0.15) is 5.26 Å². The summed E-state index contributed by atoms with van der Waals surface area (Å²) in [6, 6.07) is 6.10. The maximum absolute atomic E-state index is 13.3. The van der Waals surface area contributed by atoms with Gasteiger partial charge >= 0.3 is 0 Å². The van der Waals surface area contributed by atoms with Gasteiger partial charge in [-0.25, -0.2) is 9.37 Å². The van der Waals surface area contributed by atoms with Crippen LogP contribution in [0.4, 0.5) is 10.2 Å². The summed E-state index contributed by atoms with van der Waals surface area (Å²) < 4.78 is 15.1. The number of benzene rings is 1. The van der Waals surface area contributed by atoms with Gasteiger partial charge in [0.15, 0.2) is 0 Å². The van der Waals surface area contributed by atoms with E-state index in [1.54, 1.807) is 12.4 Å². The Hall–Kier alpha value is -2.35. The summed E-state index contributed by atoms with van der Waals surface area (Å²) in [5.74, 6) is -0.0388. The maximum Gasteiger partial charge on any atom is 0.140 e. The van der Waals surface area contributed by atoms with E-state index in [0.29, 0.717) is 17.1 Å². The molecule has 2 aromatic rings. The van der Waals surface area contributed by atoms with Crippen molar-refractivity contribution in [1.29, 1.82) is 5.26 Å². The fraction of sp³-hybridized carbons (Fsp3) is 0.286. The predicted molar refractivity (Wildman–Crippen MR) is 71.7 cm³/mol. The molecule has 0 fully saturated rings. The first-order chi connectivity index (χ1) is 8.84. The van der Waals surface area contributed by atoms with Gasteiger partial charge in [0.25, 0.3) is 0 Å². The first-order valence-electron chi connectivity index (χ1n) is 5.88. The number of nitriles is 1. The molecule has 2 N–H and O–H groups in total. The zero-order chi connectivity index (χ0) is 14.2. The highest BCUT2D eigenvalue weighted by Gasteiger charge is 2.19. The molecule has 0 saturated carbocycles. The van der Waals surface area contributed by atoms with Gasteiger partial charge in [0.1, 0.15) is 23.4 Å². The van der Waals surface area contributed by atoms with Gasteiger partial charge < -0.3 is 10.3 Å². The second-order valence-corrected chi connectivity index (χ2v) is 5.33. The molecule has 1 heterocycles. The number of nitrogens with zero attached hydrogens (tertiary/aromatic N) is 3. The summed E-state index contributed by atoms with van der Waals surface area (Å²) in [7, 11) is 0. The van der Waals surface area contributed by atoms with E-state index in [4.69, 9.17) is 11.0 Å². The minimum atomic E-state index is -0.542. The zero-order valence-electron chi connectivity index (χ0n) is 11.1. The van der Waals surface area contributed by atoms with Crippen molar-refractivity contribution in [2.45, 2.75) is 26.3 Å². The lowest BCUT2D eigenvalue weighted by atomic mass is 10.1. The standard InChI is InChI=1S/C14H15FN4/c1-14(2,3)19-8-18-12(13(19)17)9-4-5-11(15)10(6-9)7-16/h4-6,8H,17H2,1-3H3. The van der Waals surface area contributed by atoms with Crippen LogP contribution in [-0.2, 0) is 5.54 Å². The maximum atomic E-state index is 13.3. The highest BCUT2D eigenvalue weighted by Crippen LogP contribution is 2.29. The van der Waals surface area contributed by atoms with Crippen molar-refractivity contribution in [3.05, 3.63) is 35.9 Å². The lowest BCUT2D eigenvalue weighted by Gasteiger charge is -2.22. The van der Waals surface area contributed by atoms with E-state index in [-0.39, 0.29) is 11.1 Å². The third-order valence-electron chi connectivity index (χ3n) is 2.89. The molecular formula is C14H15FN4. The van der Waals surface area contributed by atoms with Crippen LogP contribution in [-0.4, -0.2) is 9.55 Å². The number of aromatic nitrogens is 2. The molecule has 0 bridgehead atoms. The molecule has 0 amide bonds. The molecule has 5 heteroatoms. The number of nitrogen functional groups attached to an aromatic ring is 1. The Morgan fingerprint density at radius 1 is 1.37 bits per heavy atom. The first-order valence-corrected chi connectivity index (χ1v) is 5.88. The normalized spacial score (nSPS) is 11.3. The minimum Gasteiger partial charge on any atom is -0.383 e. The summed E-state index contributed by atoms with van der Waals surface area (Å²) in [5, 5.41) is 8.85. The third kappa shape index (κ3) is 2.29. The quantitative estimate of drug-likeness (QED) is 0.855.